The van der Waals surface area contributed by atoms with Gasteiger partial charge in [-0.25, -0.2) is 0 Å². The number of carbonyl (C=O) groups excluding carboxylic acids is 1. The molecule has 4 nitrogen and oxygen atoms in total. The van der Waals surface area contributed by atoms with E-state index in [0.29, 0.717) is 16.5 Å². The maximum Gasteiger partial charge on any atom is 0.253 e. The van der Waals surface area contributed by atoms with Crippen LogP contribution in [0, 0.1) is 5.92 Å². The summed E-state index contributed by atoms with van der Waals surface area (Å²) in [6.45, 7) is 7.78. The highest BCUT2D eigenvalue weighted by Crippen LogP contribution is 2.21. The molecule has 1 rings (SSSR count). The Balaban J connectivity index is 2.93. The second-order valence-corrected chi connectivity index (χ2v) is 6.24. The zero-order valence-electron chi connectivity index (χ0n) is 13.5. The smallest absolute Gasteiger partial charge is 0.253 e. The molecule has 1 amide bonds. The molecule has 0 saturated heterocycles. The number of carbonyl (C=O) groups is 1. The number of halogens is 1. The third-order valence-electron chi connectivity index (χ3n) is 3.28. The Labute approximate surface area is 132 Å². The van der Waals surface area contributed by atoms with Crippen LogP contribution in [0.4, 0.5) is 5.69 Å². The lowest BCUT2D eigenvalue weighted by atomic mass is 10.0. The number of nitrogens with one attached hydrogen (secondary N) is 2. The first kappa shape index (κ1) is 17.8. The molecule has 0 aromatic heterocycles. The first-order valence-corrected chi connectivity index (χ1v) is 7.72. The molecule has 0 spiro atoms. The monoisotopic (exact) mass is 311 g/mol. The van der Waals surface area contributed by atoms with Crippen LogP contribution >= 0.6 is 11.6 Å². The van der Waals surface area contributed by atoms with Crippen molar-refractivity contribution in [3.8, 4) is 0 Å². The van der Waals surface area contributed by atoms with Crippen LogP contribution in [0.2, 0.25) is 5.02 Å². The molecule has 0 aliphatic rings. The first-order chi connectivity index (χ1) is 9.85. The fraction of sp³-hybridized carbons (Fsp3) is 0.562. The van der Waals surface area contributed by atoms with Crippen molar-refractivity contribution >= 4 is 23.2 Å². The van der Waals surface area contributed by atoms with Crippen LogP contribution in [0.1, 0.15) is 31.1 Å². The number of rotatable bonds is 7. The fourth-order valence-corrected chi connectivity index (χ4v) is 2.28. The summed E-state index contributed by atoms with van der Waals surface area (Å²) in [5.41, 5.74) is 1.40. The third-order valence-corrected chi connectivity index (χ3v) is 3.51. The van der Waals surface area contributed by atoms with Gasteiger partial charge >= 0.3 is 0 Å². The maximum absolute atomic E-state index is 12.6. The van der Waals surface area contributed by atoms with Crippen molar-refractivity contribution in [2.24, 2.45) is 5.92 Å². The van der Waals surface area contributed by atoms with Gasteiger partial charge < -0.3 is 15.5 Å². The predicted molar refractivity (Wildman–Crippen MR) is 90.3 cm³/mol. The number of likely N-dealkylation sites (N-methyl/N-ethyl adjacent to an activating group) is 1. The quantitative estimate of drug-likeness (QED) is 0.813. The number of anilines is 1. The number of hydrogen-bond donors (Lipinski definition) is 2. The van der Waals surface area contributed by atoms with Gasteiger partial charge in [-0.1, -0.05) is 25.4 Å². The Morgan fingerprint density at radius 2 is 2.00 bits per heavy atom. The molecule has 0 bridgehead atoms. The molecule has 0 radical (unpaired) electrons. The summed E-state index contributed by atoms with van der Waals surface area (Å²) >= 11 is 6.03. The number of hydrogen-bond acceptors (Lipinski definition) is 3. The number of benzene rings is 1. The lowest BCUT2D eigenvalue weighted by Crippen LogP contribution is -2.45. The van der Waals surface area contributed by atoms with Gasteiger partial charge in [0.05, 0.1) is 5.56 Å². The fourth-order valence-electron chi connectivity index (χ4n) is 2.11. The Morgan fingerprint density at radius 1 is 1.33 bits per heavy atom. The largest absolute Gasteiger partial charge is 0.385 e. The molecule has 2 N–H and O–H groups in total. The minimum absolute atomic E-state index is 0.0889. The van der Waals surface area contributed by atoms with Crippen molar-refractivity contribution < 1.29 is 4.79 Å². The van der Waals surface area contributed by atoms with Gasteiger partial charge in [-0.3, -0.25) is 4.79 Å². The Morgan fingerprint density at radius 3 is 2.52 bits per heavy atom. The maximum atomic E-state index is 12.6. The summed E-state index contributed by atoms with van der Waals surface area (Å²) < 4.78 is 0. The highest BCUT2D eigenvalue weighted by molar-refractivity contribution is 6.31. The van der Waals surface area contributed by atoms with Crippen LogP contribution in [-0.2, 0) is 0 Å². The normalized spacial score (nSPS) is 12.6. The molecular formula is C16H26ClN3O. The van der Waals surface area contributed by atoms with Crippen molar-refractivity contribution in [1.82, 2.24) is 10.2 Å². The average molecular weight is 312 g/mol. The lowest BCUT2D eigenvalue weighted by Gasteiger charge is -2.26. The van der Waals surface area contributed by atoms with E-state index >= 15 is 0 Å². The molecule has 5 heteroatoms. The van der Waals surface area contributed by atoms with Crippen molar-refractivity contribution in [3.63, 3.8) is 0 Å². The van der Waals surface area contributed by atoms with Gasteiger partial charge in [-0.15, -0.1) is 0 Å². The van der Waals surface area contributed by atoms with Crippen molar-refractivity contribution in [2.75, 3.05) is 32.5 Å². The third kappa shape index (κ3) is 5.56. The van der Waals surface area contributed by atoms with Crippen molar-refractivity contribution in [3.05, 3.63) is 28.8 Å². The van der Waals surface area contributed by atoms with Crippen LogP contribution in [0.5, 0.6) is 0 Å². The lowest BCUT2D eigenvalue weighted by molar-refractivity contribution is 0.0917. The van der Waals surface area contributed by atoms with Gasteiger partial charge in [0.1, 0.15) is 0 Å². The van der Waals surface area contributed by atoms with Crippen molar-refractivity contribution in [2.45, 2.75) is 26.8 Å². The standard InChI is InChI=1S/C16H26ClN3O/c1-6-18-14-8-7-12(17)9-13(14)16(21)19-15(11(2)3)10-20(4)5/h7-9,11,15,18H,6,10H2,1-5H3,(H,19,21). The number of nitrogens with zero attached hydrogens (tertiary/aromatic N) is 1. The van der Waals surface area contributed by atoms with E-state index in [9.17, 15) is 4.79 Å². The molecule has 118 valence electrons. The van der Waals surface area contributed by atoms with Gasteiger partial charge in [-0.2, -0.15) is 0 Å². The van der Waals surface area contributed by atoms with Gasteiger partial charge in [0.2, 0.25) is 0 Å². The Kier molecular flexibility index (Phi) is 6.99. The van der Waals surface area contributed by atoms with Crippen LogP contribution in [-0.4, -0.2) is 44.0 Å². The zero-order chi connectivity index (χ0) is 16.0. The van der Waals surface area contributed by atoms with E-state index in [0.717, 1.165) is 18.8 Å². The van der Waals surface area contributed by atoms with Gasteiger partial charge in [0.15, 0.2) is 0 Å². The molecular weight excluding hydrogens is 286 g/mol. The Bertz CT molecular complexity index is 475. The molecule has 0 saturated carbocycles. The van der Waals surface area contributed by atoms with Crippen LogP contribution in [0.15, 0.2) is 18.2 Å². The summed E-state index contributed by atoms with van der Waals surface area (Å²) in [6, 6.07) is 5.44. The topological polar surface area (TPSA) is 44.4 Å². The summed E-state index contributed by atoms with van der Waals surface area (Å²) in [6.07, 6.45) is 0. The average Bonchev–Trinajstić information content (AvgIpc) is 2.39. The van der Waals surface area contributed by atoms with Crippen LogP contribution in [0.25, 0.3) is 0 Å². The second kappa shape index (κ2) is 8.25. The van der Waals surface area contributed by atoms with Gasteiger partial charge in [0.25, 0.3) is 5.91 Å². The van der Waals surface area contributed by atoms with E-state index in [2.05, 4.69) is 29.4 Å². The SMILES string of the molecule is CCNc1ccc(Cl)cc1C(=O)NC(CN(C)C)C(C)C. The molecule has 0 fully saturated rings. The highest BCUT2D eigenvalue weighted by Gasteiger charge is 2.20. The van der Waals surface area contributed by atoms with Crippen LogP contribution in [0.3, 0.4) is 0 Å². The molecule has 1 aromatic rings. The van der Waals surface area contributed by atoms with Gasteiger partial charge in [0, 0.05) is 29.8 Å². The first-order valence-electron chi connectivity index (χ1n) is 7.34. The predicted octanol–water partition coefficient (Wildman–Crippen LogP) is 3.09. The molecule has 0 heterocycles. The molecule has 1 aromatic carbocycles. The van der Waals surface area contributed by atoms with Crippen LogP contribution < -0.4 is 10.6 Å². The van der Waals surface area contributed by atoms with E-state index in [1.807, 2.05) is 27.1 Å². The van der Waals surface area contributed by atoms with E-state index in [-0.39, 0.29) is 11.9 Å². The van der Waals surface area contributed by atoms with Gasteiger partial charge in [-0.05, 0) is 45.1 Å². The molecule has 1 atom stereocenters. The molecule has 1 unspecified atom stereocenters. The summed E-state index contributed by atoms with van der Waals surface area (Å²) in [7, 11) is 4.01. The summed E-state index contributed by atoms with van der Waals surface area (Å²) in [4.78, 5) is 14.6. The molecule has 0 aliphatic carbocycles. The molecule has 0 aliphatic heterocycles. The molecule has 21 heavy (non-hydrogen) atoms. The van der Waals surface area contributed by atoms with E-state index in [1.165, 1.54) is 0 Å². The zero-order valence-corrected chi connectivity index (χ0v) is 14.3. The minimum Gasteiger partial charge on any atom is -0.385 e. The summed E-state index contributed by atoms with van der Waals surface area (Å²) in [5, 5.41) is 6.87. The second-order valence-electron chi connectivity index (χ2n) is 5.81. The minimum atomic E-state index is -0.0889. The highest BCUT2D eigenvalue weighted by atomic mass is 35.5. The van der Waals surface area contributed by atoms with E-state index in [4.69, 9.17) is 11.6 Å². The number of amides is 1. The van der Waals surface area contributed by atoms with E-state index < -0.39 is 0 Å². The Hall–Kier alpha value is -1.26. The van der Waals surface area contributed by atoms with Crippen molar-refractivity contribution in [1.29, 1.82) is 0 Å². The van der Waals surface area contributed by atoms with E-state index in [1.54, 1.807) is 12.1 Å². The summed E-state index contributed by atoms with van der Waals surface area (Å²) in [5.74, 6) is 0.270.